The number of nitrogens with zero attached hydrogens (tertiary/aromatic N) is 3. The molecule has 1 aromatic carbocycles. The van der Waals surface area contributed by atoms with E-state index in [2.05, 4.69) is 15.5 Å². The van der Waals surface area contributed by atoms with Crippen LogP contribution in [0.5, 0.6) is 0 Å². The maximum atomic E-state index is 12.8. The van der Waals surface area contributed by atoms with Crippen molar-refractivity contribution in [3.8, 4) is 0 Å². The number of nitrogens with one attached hydrogen (secondary N) is 1. The Morgan fingerprint density at radius 2 is 1.85 bits per heavy atom. The number of aromatic nitrogens is 3. The van der Waals surface area contributed by atoms with Gasteiger partial charge in [-0.2, -0.15) is 13.2 Å². The van der Waals surface area contributed by atoms with Crippen molar-refractivity contribution in [1.29, 1.82) is 0 Å². The van der Waals surface area contributed by atoms with Crippen molar-refractivity contribution in [2.24, 2.45) is 0 Å². The van der Waals surface area contributed by atoms with Gasteiger partial charge in [-0.1, -0.05) is 29.8 Å². The first-order chi connectivity index (χ1) is 12.3. The maximum Gasteiger partial charge on any atom is 0.417 e. The van der Waals surface area contributed by atoms with Crippen LogP contribution < -0.4 is 5.32 Å². The number of pyridine rings is 1. The lowest BCUT2D eigenvalue weighted by Gasteiger charge is -2.08. The Hall–Kier alpha value is -2.90. The zero-order valence-electron chi connectivity index (χ0n) is 14.0. The summed E-state index contributed by atoms with van der Waals surface area (Å²) in [4.78, 5) is 12.0. The van der Waals surface area contributed by atoms with Crippen molar-refractivity contribution in [3.63, 3.8) is 0 Å². The normalized spacial score (nSPS) is 11.7. The minimum Gasteiger partial charge on any atom is -0.349 e. The van der Waals surface area contributed by atoms with Crippen LogP contribution in [0.2, 0.25) is 0 Å². The summed E-state index contributed by atoms with van der Waals surface area (Å²) in [6.45, 7) is 2.00. The number of carbonyl (C=O) groups is 1. The molecule has 1 N–H and O–H groups in total. The van der Waals surface area contributed by atoms with E-state index in [9.17, 15) is 18.0 Å². The molecular weight excluding hydrogens is 345 g/mol. The van der Waals surface area contributed by atoms with E-state index in [1.165, 1.54) is 10.5 Å². The molecule has 136 valence electrons. The summed E-state index contributed by atoms with van der Waals surface area (Å²) in [6.07, 6.45) is -2.64. The lowest BCUT2D eigenvalue weighted by atomic mass is 10.1. The fraction of sp³-hybridized carbons (Fsp3) is 0.278. The number of alkyl halides is 3. The number of benzene rings is 1. The first kappa shape index (κ1) is 17.9. The molecule has 0 atom stereocenters. The largest absolute Gasteiger partial charge is 0.417 e. The predicted octanol–water partition coefficient (Wildman–Crippen LogP) is 3.31. The van der Waals surface area contributed by atoms with Gasteiger partial charge in [0.2, 0.25) is 5.91 Å². The molecule has 1 amide bonds. The van der Waals surface area contributed by atoms with Gasteiger partial charge in [0.05, 0.1) is 12.1 Å². The third kappa shape index (κ3) is 4.19. The average Bonchev–Trinajstić information content (AvgIpc) is 3.01. The van der Waals surface area contributed by atoms with Crippen LogP contribution in [0.4, 0.5) is 13.2 Å². The molecule has 0 fully saturated rings. The van der Waals surface area contributed by atoms with Gasteiger partial charge in [-0.25, -0.2) is 0 Å². The zero-order chi connectivity index (χ0) is 18.7. The molecule has 0 bridgehead atoms. The second-order valence-corrected chi connectivity index (χ2v) is 6.02. The Kier molecular flexibility index (Phi) is 4.92. The van der Waals surface area contributed by atoms with Crippen molar-refractivity contribution >= 4 is 11.6 Å². The first-order valence-corrected chi connectivity index (χ1v) is 8.06. The van der Waals surface area contributed by atoms with E-state index in [-0.39, 0.29) is 24.7 Å². The summed E-state index contributed by atoms with van der Waals surface area (Å²) in [5.41, 5.74) is 1.70. The van der Waals surface area contributed by atoms with Gasteiger partial charge in [-0.3, -0.25) is 9.20 Å². The number of hydrogen-bond donors (Lipinski definition) is 1. The monoisotopic (exact) mass is 362 g/mol. The third-order valence-electron chi connectivity index (χ3n) is 4.01. The molecule has 0 unspecified atom stereocenters. The summed E-state index contributed by atoms with van der Waals surface area (Å²) >= 11 is 0. The molecule has 0 saturated heterocycles. The highest BCUT2D eigenvalue weighted by atomic mass is 19.4. The van der Waals surface area contributed by atoms with Gasteiger partial charge in [-0.15, -0.1) is 10.2 Å². The van der Waals surface area contributed by atoms with Crippen molar-refractivity contribution in [3.05, 3.63) is 65.1 Å². The number of aryl methyl sites for hydroxylation is 2. The van der Waals surface area contributed by atoms with Gasteiger partial charge >= 0.3 is 6.18 Å². The van der Waals surface area contributed by atoms with Gasteiger partial charge in [-0.05, 0) is 31.0 Å². The van der Waals surface area contributed by atoms with E-state index in [1.54, 1.807) is 0 Å². The molecule has 2 aromatic heterocycles. The predicted molar refractivity (Wildman–Crippen MR) is 89.3 cm³/mol. The number of hydrogen-bond acceptors (Lipinski definition) is 3. The summed E-state index contributed by atoms with van der Waals surface area (Å²) < 4.78 is 39.7. The molecule has 0 spiro atoms. The highest BCUT2D eigenvalue weighted by Gasteiger charge is 2.31. The Bertz CT molecular complexity index is 916. The molecule has 3 aromatic rings. The van der Waals surface area contributed by atoms with Crippen molar-refractivity contribution in [2.75, 3.05) is 0 Å². The number of halogens is 3. The van der Waals surface area contributed by atoms with Gasteiger partial charge in [0.25, 0.3) is 0 Å². The van der Waals surface area contributed by atoms with Gasteiger partial charge in [0.15, 0.2) is 11.5 Å². The second-order valence-electron chi connectivity index (χ2n) is 6.02. The molecule has 26 heavy (non-hydrogen) atoms. The van der Waals surface area contributed by atoms with Crippen molar-refractivity contribution < 1.29 is 18.0 Å². The molecule has 0 saturated carbocycles. The Balaban J connectivity index is 1.62. The summed E-state index contributed by atoms with van der Waals surface area (Å²) in [5.74, 6) is 0.0455. The molecular formula is C18H17F3N4O. The van der Waals surface area contributed by atoms with Crippen LogP contribution in [0, 0.1) is 6.92 Å². The molecule has 0 aliphatic rings. The molecule has 8 heteroatoms. The highest BCUT2D eigenvalue weighted by Crippen LogP contribution is 2.29. The van der Waals surface area contributed by atoms with Crippen LogP contribution in [0.1, 0.15) is 28.9 Å². The van der Waals surface area contributed by atoms with Gasteiger partial charge in [0.1, 0.15) is 0 Å². The SMILES string of the molecule is Cc1ccc(CCC(=O)NCc2nnc3ccc(C(F)(F)F)cn23)cc1. The van der Waals surface area contributed by atoms with E-state index in [0.29, 0.717) is 12.1 Å². The molecule has 0 aliphatic carbocycles. The van der Waals surface area contributed by atoms with E-state index >= 15 is 0 Å². The lowest BCUT2D eigenvalue weighted by Crippen LogP contribution is -2.24. The fourth-order valence-corrected chi connectivity index (χ4v) is 2.51. The minimum absolute atomic E-state index is 0.00914. The average molecular weight is 362 g/mol. The Morgan fingerprint density at radius 3 is 2.54 bits per heavy atom. The Morgan fingerprint density at radius 1 is 1.12 bits per heavy atom. The molecule has 0 aliphatic heterocycles. The molecule has 2 heterocycles. The standard InChI is InChI=1S/C18H17F3N4O/c1-12-2-4-13(5-3-12)6-9-17(26)22-10-16-24-23-15-8-7-14(11-25(15)16)18(19,20)21/h2-5,7-8,11H,6,9-10H2,1H3,(H,22,26). The summed E-state index contributed by atoms with van der Waals surface area (Å²) in [5, 5.41) is 10.3. The summed E-state index contributed by atoms with van der Waals surface area (Å²) in [7, 11) is 0. The number of amides is 1. The number of fused-ring (bicyclic) bond motifs is 1. The quantitative estimate of drug-likeness (QED) is 0.758. The molecule has 5 nitrogen and oxygen atoms in total. The van der Waals surface area contributed by atoms with Crippen molar-refractivity contribution in [1.82, 2.24) is 19.9 Å². The van der Waals surface area contributed by atoms with Gasteiger partial charge in [0, 0.05) is 12.6 Å². The fourth-order valence-electron chi connectivity index (χ4n) is 2.51. The summed E-state index contributed by atoms with van der Waals surface area (Å²) in [6, 6.07) is 10.1. The minimum atomic E-state index is -4.45. The van der Waals surface area contributed by atoms with Gasteiger partial charge < -0.3 is 5.32 Å². The van der Waals surface area contributed by atoms with Crippen LogP contribution in [-0.2, 0) is 23.9 Å². The smallest absolute Gasteiger partial charge is 0.349 e. The second kappa shape index (κ2) is 7.15. The molecule has 3 rings (SSSR count). The first-order valence-electron chi connectivity index (χ1n) is 8.06. The van der Waals surface area contributed by atoms with E-state index in [1.807, 2.05) is 31.2 Å². The van der Waals surface area contributed by atoms with Crippen LogP contribution in [-0.4, -0.2) is 20.5 Å². The van der Waals surface area contributed by atoms with E-state index < -0.39 is 11.7 Å². The van der Waals surface area contributed by atoms with Crippen LogP contribution in [0.15, 0.2) is 42.6 Å². The van der Waals surface area contributed by atoms with Crippen LogP contribution in [0.3, 0.4) is 0 Å². The lowest BCUT2D eigenvalue weighted by molar-refractivity contribution is -0.137. The maximum absolute atomic E-state index is 12.8. The van der Waals surface area contributed by atoms with Crippen LogP contribution in [0.25, 0.3) is 5.65 Å². The van der Waals surface area contributed by atoms with Crippen molar-refractivity contribution in [2.45, 2.75) is 32.5 Å². The number of rotatable bonds is 5. The third-order valence-corrected chi connectivity index (χ3v) is 4.01. The van der Waals surface area contributed by atoms with E-state index in [0.717, 1.165) is 23.4 Å². The zero-order valence-corrected chi connectivity index (χ0v) is 14.0. The highest BCUT2D eigenvalue weighted by molar-refractivity contribution is 5.76. The Labute approximate surface area is 147 Å². The van der Waals surface area contributed by atoms with Crippen LogP contribution >= 0.6 is 0 Å². The molecule has 0 radical (unpaired) electrons. The topological polar surface area (TPSA) is 59.3 Å². The van der Waals surface area contributed by atoms with E-state index in [4.69, 9.17) is 0 Å². The number of carbonyl (C=O) groups excluding carboxylic acids is 1.